The zero-order valence-electron chi connectivity index (χ0n) is 12.7. The normalized spacial score (nSPS) is 13.9. The van der Waals surface area contributed by atoms with Crippen LogP contribution < -0.4 is 10.6 Å². The fraction of sp³-hybridized carbons (Fsp3) is 0.533. The number of unbranched alkanes of at least 4 members (excludes halogenated alkanes) is 1. The van der Waals surface area contributed by atoms with Crippen LogP contribution in [-0.2, 0) is 19.4 Å². The van der Waals surface area contributed by atoms with Crippen LogP contribution in [0.5, 0.6) is 0 Å². The Bertz CT molecular complexity index is 648. The Morgan fingerprint density at radius 3 is 3.18 bits per heavy atom. The van der Waals surface area contributed by atoms with Gasteiger partial charge in [0, 0.05) is 48.4 Å². The number of H-pyrrole nitrogens is 1. The van der Waals surface area contributed by atoms with Crippen molar-refractivity contribution in [3.05, 3.63) is 33.0 Å². The molecule has 1 aliphatic heterocycles. The molecule has 0 saturated carbocycles. The van der Waals surface area contributed by atoms with Crippen LogP contribution in [0.25, 0.3) is 0 Å². The van der Waals surface area contributed by atoms with Crippen LogP contribution in [0.15, 0.2) is 5.38 Å². The molecule has 0 bridgehead atoms. The van der Waals surface area contributed by atoms with E-state index in [0.29, 0.717) is 12.2 Å². The first kappa shape index (κ1) is 15.2. The van der Waals surface area contributed by atoms with E-state index in [1.165, 1.54) is 5.01 Å². The summed E-state index contributed by atoms with van der Waals surface area (Å²) in [6.45, 7) is 4.35. The largest absolute Gasteiger partial charge is 0.351 e. The molecule has 7 heteroatoms. The summed E-state index contributed by atoms with van der Waals surface area (Å²) in [4.78, 5) is 16.6. The maximum absolute atomic E-state index is 12.2. The Balaban J connectivity index is 1.42. The van der Waals surface area contributed by atoms with E-state index in [4.69, 9.17) is 0 Å². The third kappa shape index (κ3) is 3.53. The van der Waals surface area contributed by atoms with Gasteiger partial charge in [-0.1, -0.05) is 0 Å². The summed E-state index contributed by atoms with van der Waals surface area (Å²) in [6, 6.07) is 0. The molecule has 0 fully saturated rings. The van der Waals surface area contributed by atoms with E-state index in [1.807, 2.05) is 6.92 Å². The third-order valence-corrected chi connectivity index (χ3v) is 4.82. The fourth-order valence-corrected chi connectivity index (χ4v) is 3.44. The van der Waals surface area contributed by atoms with Gasteiger partial charge in [0.15, 0.2) is 5.69 Å². The molecular formula is C15H21N5OS. The number of nitrogens with zero attached hydrogens (tertiary/aromatic N) is 2. The van der Waals surface area contributed by atoms with Gasteiger partial charge in [-0.2, -0.15) is 5.10 Å². The summed E-state index contributed by atoms with van der Waals surface area (Å²) >= 11 is 1.71. The monoisotopic (exact) mass is 319 g/mol. The van der Waals surface area contributed by atoms with E-state index in [1.54, 1.807) is 11.3 Å². The van der Waals surface area contributed by atoms with Crippen LogP contribution in [0.3, 0.4) is 0 Å². The first-order valence-corrected chi connectivity index (χ1v) is 8.58. The van der Waals surface area contributed by atoms with Crippen molar-refractivity contribution >= 4 is 17.2 Å². The van der Waals surface area contributed by atoms with Crippen molar-refractivity contribution in [1.29, 1.82) is 0 Å². The van der Waals surface area contributed by atoms with Crippen LogP contribution in [-0.4, -0.2) is 34.2 Å². The molecule has 3 heterocycles. The summed E-state index contributed by atoms with van der Waals surface area (Å²) in [5.74, 6) is -0.0775. The molecule has 0 spiro atoms. The third-order valence-electron chi connectivity index (χ3n) is 3.79. The minimum atomic E-state index is -0.0775. The van der Waals surface area contributed by atoms with Gasteiger partial charge < -0.3 is 10.6 Å². The van der Waals surface area contributed by atoms with Crippen molar-refractivity contribution < 1.29 is 4.79 Å². The highest BCUT2D eigenvalue weighted by molar-refractivity contribution is 7.09. The summed E-state index contributed by atoms with van der Waals surface area (Å²) < 4.78 is 0. The Morgan fingerprint density at radius 2 is 2.36 bits per heavy atom. The van der Waals surface area contributed by atoms with Crippen LogP contribution in [0.1, 0.15) is 45.3 Å². The minimum Gasteiger partial charge on any atom is -0.351 e. The SMILES string of the molecule is Cc1csc(CCCCNC(=O)c2n[nH]c3c2CNCC3)n1. The van der Waals surface area contributed by atoms with Gasteiger partial charge in [0.2, 0.25) is 0 Å². The van der Waals surface area contributed by atoms with E-state index in [-0.39, 0.29) is 5.91 Å². The number of thiazole rings is 1. The molecule has 0 unspecified atom stereocenters. The lowest BCUT2D eigenvalue weighted by atomic mass is 10.1. The molecule has 0 atom stereocenters. The van der Waals surface area contributed by atoms with Gasteiger partial charge in [0.05, 0.1) is 5.01 Å². The number of aromatic nitrogens is 3. The molecule has 118 valence electrons. The number of nitrogens with one attached hydrogen (secondary N) is 3. The second-order valence-electron chi connectivity index (χ2n) is 5.55. The molecule has 0 aromatic carbocycles. The van der Waals surface area contributed by atoms with Gasteiger partial charge >= 0.3 is 0 Å². The van der Waals surface area contributed by atoms with E-state index in [0.717, 1.165) is 55.7 Å². The number of aryl methyl sites for hydroxylation is 2. The topological polar surface area (TPSA) is 82.7 Å². The van der Waals surface area contributed by atoms with Crippen molar-refractivity contribution in [2.75, 3.05) is 13.1 Å². The summed E-state index contributed by atoms with van der Waals surface area (Å²) in [7, 11) is 0. The highest BCUT2D eigenvalue weighted by atomic mass is 32.1. The molecule has 0 aliphatic carbocycles. The highest BCUT2D eigenvalue weighted by Crippen LogP contribution is 2.15. The molecule has 1 amide bonds. The predicted octanol–water partition coefficient (Wildman–Crippen LogP) is 1.57. The molecule has 0 radical (unpaired) electrons. The molecule has 2 aromatic heterocycles. The molecule has 3 rings (SSSR count). The van der Waals surface area contributed by atoms with E-state index in [2.05, 4.69) is 31.2 Å². The maximum atomic E-state index is 12.2. The first-order valence-electron chi connectivity index (χ1n) is 7.70. The van der Waals surface area contributed by atoms with Gasteiger partial charge in [-0.3, -0.25) is 9.89 Å². The average Bonchev–Trinajstić information content (AvgIpc) is 3.13. The number of fused-ring (bicyclic) bond motifs is 1. The zero-order valence-corrected chi connectivity index (χ0v) is 13.6. The van der Waals surface area contributed by atoms with Gasteiger partial charge in [-0.15, -0.1) is 11.3 Å². The fourth-order valence-electron chi connectivity index (χ4n) is 2.62. The highest BCUT2D eigenvalue weighted by Gasteiger charge is 2.20. The number of hydrogen-bond acceptors (Lipinski definition) is 5. The van der Waals surface area contributed by atoms with Crippen LogP contribution in [0, 0.1) is 6.92 Å². The molecule has 1 aliphatic rings. The van der Waals surface area contributed by atoms with Crippen LogP contribution in [0.4, 0.5) is 0 Å². The second kappa shape index (κ2) is 7.02. The van der Waals surface area contributed by atoms with Crippen molar-refractivity contribution in [2.24, 2.45) is 0 Å². The molecule has 0 saturated heterocycles. The van der Waals surface area contributed by atoms with Gasteiger partial charge in [-0.25, -0.2) is 4.98 Å². The lowest BCUT2D eigenvalue weighted by Gasteiger charge is -2.12. The Labute approximate surface area is 133 Å². The summed E-state index contributed by atoms with van der Waals surface area (Å²) in [6.07, 6.45) is 3.88. The molecular weight excluding hydrogens is 298 g/mol. The van der Waals surface area contributed by atoms with Crippen molar-refractivity contribution in [3.8, 4) is 0 Å². The van der Waals surface area contributed by atoms with E-state index < -0.39 is 0 Å². The lowest BCUT2D eigenvalue weighted by Crippen LogP contribution is -2.29. The minimum absolute atomic E-state index is 0.0775. The number of aromatic amines is 1. The van der Waals surface area contributed by atoms with Crippen molar-refractivity contribution in [3.63, 3.8) is 0 Å². The summed E-state index contributed by atoms with van der Waals surface area (Å²) in [5, 5.41) is 16.6. The molecule has 3 N–H and O–H groups in total. The van der Waals surface area contributed by atoms with Crippen molar-refractivity contribution in [1.82, 2.24) is 25.8 Å². The van der Waals surface area contributed by atoms with Gasteiger partial charge in [0.1, 0.15) is 0 Å². The maximum Gasteiger partial charge on any atom is 0.272 e. The smallest absolute Gasteiger partial charge is 0.272 e. The Kier molecular flexibility index (Phi) is 4.84. The predicted molar refractivity (Wildman–Crippen MR) is 86.1 cm³/mol. The molecule has 2 aromatic rings. The standard InChI is InChI=1S/C15H21N5OS/c1-10-9-22-13(18-10)4-2-3-6-17-15(21)14-11-8-16-7-5-12(11)19-20-14/h9,16H,2-8H2,1H3,(H,17,21)(H,19,20). The number of carbonyl (C=O) groups is 1. The molecule has 6 nitrogen and oxygen atoms in total. The quantitative estimate of drug-likeness (QED) is 0.706. The van der Waals surface area contributed by atoms with Crippen molar-refractivity contribution in [2.45, 2.75) is 39.2 Å². The molecule has 22 heavy (non-hydrogen) atoms. The van der Waals surface area contributed by atoms with E-state index >= 15 is 0 Å². The number of hydrogen-bond donors (Lipinski definition) is 3. The first-order chi connectivity index (χ1) is 10.7. The summed E-state index contributed by atoms with van der Waals surface area (Å²) in [5.41, 5.74) is 3.73. The average molecular weight is 319 g/mol. The Morgan fingerprint density at radius 1 is 1.45 bits per heavy atom. The number of amides is 1. The van der Waals surface area contributed by atoms with Crippen LogP contribution in [0.2, 0.25) is 0 Å². The van der Waals surface area contributed by atoms with Gasteiger partial charge in [0.25, 0.3) is 5.91 Å². The Hall–Kier alpha value is -1.73. The van der Waals surface area contributed by atoms with Gasteiger partial charge in [-0.05, 0) is 26.2 Å². The van der Waals surface area contributed by atoms with Crippen LogP contribution >= 0.6 is 11.3 Å². The zero-order chi connectivity index (χ0) is 15.4. The number of rotatable bonds is 6. The number of carbonyl (C=O) groups excluding carboxylic acids is 1. The second-order valence-corrected chi connectivity index (χ2v) is 6.49. The lowest BCUT2D eigenvalue weighted by molar-refractivity contribution is 0.0947. The van der Waals surface area contributed by atoms with E-state index in [9.17, 15) is 4.79 Å².